The average Bonchev–Trinajstić information content (AvgIpc) is 2.76. The minimum absolute atomic E-state index is 0.0854. The van der Waals surface area contributed by atoms with E-state index in [1.165, 1.54) is 13.2 Å². The molecule has 20 heavy (non-hydrogen) atoms. The number of halogens is 4. The third-order valence-corrected chi connectivity index (χ3v) is 3.03. The fourth-order valence-corrected chi connectivity index (χ4v) is 2.27. The van der Waals surface area contributed by atoms with Gasteiger partial charge in [0.25, 0.3) is 0 Å². The summed E-state index contributed by atoms with van der Waals surface area (Å²) in [5, 5.41) is 2.79. The zero-order chi connectivity index (χ0) is 15.5. The number of pyridine rings is 1. The first kappa shape index (κ1) is 16.6. The van der Waals surface area contributed by atoms with Crippen molar-refractivity contribution >= 4 is 29.1 Å². The van der Waals surface area contributed by atoms with Crippen molar-refractivity contribution in [2.45, 2.75) is 26.9 Å². The van der Waals surface area contributed by atoms with Crippen molar-refractivity contribution in [3.8, 4) is 0 Å². The number of fused-ring (bicyclic) bond motifs is 1. The Morgan fingerprint density at radius 2 is 1.90 bits per heavy atom. The summed E-state index contributed by atoms with van der Waals surface area (Å²) in [5.74, 6) is 0. The molecule has 0 saturated heterocycles. The summed E-state index contributed by atoms with van der Waals surface area (Å²) in [6.07, 6.45) is -2.39. The third kappa shape index (κ3) is 2.84. The number of hydrogen-bond donors (Lipinski definition) is 1. The SMILES string of the molecule is CC.CNc1c(C(F)(F)F)cnc2c1c(C)cn2SF. The molecule has 0 bridgehead atoms. The molecule has 0 radical (unpaired) electrons. The van der Waals surface area contributed by atoms with Crippen LogP contribution in [0, 0.1) is 6.92 Å². The van der Waals surface area contributed by atoms with Crippen LogP contribution in [0.2, 0.25) is 0 Å². The molecule has 8 heteroatoms. The number of hydrogen-bond acceptors (Lipinski definition) is 3. The standard InChI is InChI=1S/C10H9F4N3S.C2H6/c1-5-4-17(18-14)9-7(5)8(15-2)6(3-16-9)10(11,12)13;1-2/h3-4H,1-2H3,(H,15,16);1-2H3. The first-order valence-electron chi connectivity index (χ1n) is 5.94. The Bertz CT molecular complexity index is 592. The van der Waals surface area contributed by atoms with Gasteiger partial charge in [0.15, 0.2) is 18.0 Å². The number of alkyl halides is 3. The summed E-state index contributed by atoms with van der Waals surface area (Å²) in [6, 6.07) is 0. The van der Waals surface area contributed by atoms with Crippen molar-refractivity contribution in [2.24, 2.45) is 0 Å². The van der Waals surface area contributed by atoms with Gasteiger partial charge in [-0.1, -0.05) is 13.8 Å². The lowest BCUT2D eigenvalue weighted by atomic mass is 10.1. The van der Waals surface area contributed by atoms with Crippen LogP contribution in [0.3, 0.4) is 0 Å². The third-order valence-electron chi connectivity index (χ3n) is 2.60. The number of rotatable bonds is 2. The van der Waals surface area contributed by atoms with Crippen LogP contribution in [0.5, 0.6) is 0 Å². The topological polar surface area (TPSA) is 29.9 Å². The quantitative estimate of drug-likeness (QED) is 0.807. The summed E-state index contributed by atoms with van der Waals surface area (Å²) >= 11 is -0.103. The fourth-order valence-electron chi connectivity index (χ4n) is 1.87. The van der Waals surface area contributed by atoms with E-state index in [1.807, 2.05) is 13.8 Å². The van der Waals surface area contributed by atoms with E-state index in [0.717, 1.165) is 3.97 Å². The fraction of sp³-hybridized carbons (Fsp3) is 0.417. The number of nitrogens with one attached hydrogen (secondary N) is 1. The van der Waals surface area contributed by atoms with E-state index in [4.69, 9.17) is 0 Å². The summed E-state index contributed by atoms with van der Waals surface area (Å²) in [5.41, 5.74) is -0.254. The molecule has 0 aromatic carbocycles. The first-order chi connectivity index (χ1) is 9.40. The average molecular weight is 309 g/mol. The second-order valence-corrected chi connectivity index (χ2v) is 4.23. The maximum absolute atomic E-state index is 12.8. The van der Waals surface area contributed by atoms with Gasteiger partial charge in [-0.15, -0.1) is 3.89 Å². The van der Waals surface area contributed by atoms with Gasteiger partial charge in [0.2, 0.25) is 0 Å². The van der Waals surface area contributed by atoms with Crippen molar-refractivity contribution in [1.82, 2.24) is 8.96 Å². The Morgan fingerprint density at radius 3 is 2.35 bits per heavy atom. The molecule has 0 unspecified atom stereocenters. The lowest BCUT2D eigenvalue weighted by Crippen LogP contribution is -2.10. The Balaban J connectivity index is 0.000000956. The maximum atomic E-state index is 12.8. The highest BCUT2D eigenvalue weighted by molar-refractivity contribution is 7.92. The molecule has 0 fully saturated rings. The van der Waals surface area contributed by atoms with Crippen LogP contribution in [-0.2, 0) is 6.18 Å². The summed E-state index contributed by atoms with van der Waals surface area (Å²) in [6.45, 7) is 5.61. The molecule has 0 aliphatic heterocycles. The molecule has 0 aliphatic rings. The van der Waals surface area contributed by atoms with Crippen LogP contribution >= 0.6 is 12.3 Å². The highest BCUT2D eigenvalue weighted by atomic mass is 32.2. The van der Waals surface area contributed by atoms with Gasteiger partial charge in [-0.3, -0.25) is 0 Å². The zero-order valence-electron chi connectivity index (χ0n) is 11.5. The molecule has 3 nitrogen and oxygen atoms in total. The zero-order valence-corrected chi connectivity index (χ0v) is 12.3. The summed E-state index contributed by atoms with van der Waals surface area (Å²) in [7, 11) is 1.39. The van der Waals surface area contributed by atoms with Gasteiger partial charge < -0.3 is 5.32 Å². The molecule has 2 heterocycles. The van der Waals surface area contributed by atoms with Crippen LogP contribution in [0.4, 0.5) is 22.7 Å². The van der Waals surface area contributed by atoms with Crippen molar-refractivity contribution < 1.29 is 17.1 Å². The second-order valence-electron chi connectivity index (χ2n) is 3.70. The Hall–Kier alpha value is -1.44. The number of nitrogens with zero attached hydrogens (tertiary/aromatic N) is 2. The van der Waals surface area contributed by atoms with Gasteiger partial charge in [-0.2, -0.15) is 13.2 Å². The van der Waals surface area contributed by atoms with Gasteiger partial charge in [-0.05, 0) is 12.5 Å². The smallest absolute Gasteiger partial charge is 0.387 e. The summed E-state index contributed by atoms with van der Waals surface area (Å²) in [4.78, 5) is 3.69. The van der Waals surface area contributed by atoms with E-state index < -0.39 is 11.7 Å². The van der Waals surface area contributed by atoms with Gasteiger partial charge in [0.05, 0.1) is 11.3 Å². The lowest BCUT2D eigenvalue weighted by molar-refractivity contribution is -0.137. The Morgan fingerprint density at radius 1 is 1.30 bits per heavy atom. The minimum atomic E-state index is -4.50. The molecule has 0 atom stereocenters. The van der Waals surface area contributed by atoms with E-state index in [2.05, 4.69) is 10.3 Å². The normalized spacial score (nSPS) is 11.2. The largest absolute Gasteiger partial charge is 0.419 e. The summed E-state index contributed by atoms with van der Waals surface area (Å²) < 4.78 is 52.2. The predicted molar refractivity (Wildman–Crippen MR) is 74.5 cm³/mol. The van der Waals surface area contributed by atoms with E-state index in [0.29, 0.717) is 11.8 Å². The van der Waals surface area contributed by atoms with Crippen LogP contribution < -0.4 is 5.32 Å². The molecule has 1 N–H and O–H groups in total. The van der Waals surface area contributed by atoms with E-state index in [9.17, 15) is 17.1 Å². The van der Waals surface area contributed by atoms with Crippen molar-refractivity contribution in [1.29, 1.82) is 0 Å². The molecule has 2 aromatic rings. The lowest BCUT2D eigenvalue weighted by Gasteiger charge is -2.13. The van der Waals surface area contributed by atoms with Crippen molar-refractivity contribution in [3.05, 3.63) is 23.5 Å². The Labute approximate surface area is 118 Å². The van der Waals surface area contributed by atoms with Gasteiger partial charge in [0.1, 0.15) is 0 Å². The molecule has 0 aliphatic carbocycles. The van der Waals surface area contributed by atoms with Crippen LogP contribution in [0.15, 0.2) is 12.4 Å². The predicted octanol–water partition coefficient (Wildman–Crippen LogP) is 4.81. The molecule has 0 amide bonds. The monoisotopic (exact) mass is 309 g/mol. The molecule has 2 aromatic heterocycles. The van der Waals surface area contributed by atoms with Crippen molar-refractivity contribution in [2.75, 3.05) is 12.4 Å². The van der Waals surface area contributed by atoms with Gasteiger partial charge in [0, 0.05) is 24.8 Å². The minimum Gasteiger partial charge on any atom is -0.387 e. The van der Waals surface area contributed by atoms with Crippen LogP contribution in [0.1, 0.15) is 25.0 Å². The van der Waals surface area contributed by atoms with Crippen LogP contribution in [-0.4, -0.2) is 16.0 Å². The van der Waals surface area contributed by atoms with Gasteiger partial charge >= 0.3 is 6.18 Å². The van der Waals surface area contributed by atoms with Crippen LogP contribution in [0.25, 0.3) is 11.0 Å². The highest BCUT2D eigenvalue weighted by Gasteiger charge is 2.35. The molecule has 0 spiro atoms. The highest BCUT2D eigenvalue weighted by Crippen LogP contribution is 2.40. The number of aryl methyl sites for hydroxylation is 1. The van der Waals surface area contributed by atoms with E-state index >= 15 is 0 Å². The van der Waals surface area contributed by atoms with E-state index in [-0.39, 0.29) is 29.1 Å². The van der Waals surface area contributed by atoms with Crippen molar-refractivity contribution in [3.63, 3.8) is 0 Å². The number of anilines is 1. The molecule has 2 rings (SSSR count). The second kappa shape index (κ2) is 6.34. The molecule has 112 valence electrons. The molecular weight excluding hydrogens is 294 g/mol. The Kier molecular flexibility index (Phi) is 5.27. The number of aromatic nitrogens is 2. The molecular formula is C12H15F4N3S. The van der Waals surface area contributed by atoms with E-state index in [1.54, 1.807) is 6.92 Å². The maximum Gasteiger partial charge on any atom is 0.419 e. The first-order valence-corrected chi connectivity index (χ1v) is 6.62. The van der Waals surface area contributed by atoms with Gasteiger partial charge in [-0.25, -0.2) is 8.96 Å². The molecule has 0 saturated carbocycles.